The molecule has 7 heteroatoms. The topological polar surface area (TPSA) is 81.6 Å². The van der Waals surface area contributed by atoms with Crippen molar-refractivity contribution >= 4 is 11.8 Å². The molecule has 1 aliphatic rings. The highest BCUT2D eigenvalue weighted by atomic mass is 16.5. The number of hydrogen-bond donors (Lipinski definition) is 2. The maximum Gasteiger partial charge on any atom is 0.271 e. The smallest absolute Gasteiger partial charge is 0.271 e. The van der Waals surface area contributed by atoms with Gasteiger partial charge in [0.2, 0.25) is 0 Å². The number of nitrogens with one attached hydrogen (secondary N) is 2. The van der Waals surface area contributed by atoms with E-state index < -0.39 is 5.91 Å². The zero-order chi connectivity index (χ0) is 22.5. The van der Waals surface area contributed by atoms with Gasteiger partial charge in [0.25, 0.3) is 11.8 Å². The standard InChI is InChI=1S/C25H27N3O4/c1-17-15-23(18(2)28(17)20-7-4-3-5-8-20)25(30)27-26-24(29)19-10-12-21(13-11-19)32-16-22-9-6-14-31-22/h3-5,7-8,10-13,15,22H,6,9,14,16H2,1-2H3,(H,26,29)(H,27,30). The highest BCUT2D eigenvalue weighted by Gasteiger charge is 2.18. The van der Waals surface area contributed by atoms with E-state index in [-0.39, 0.29) is 12.0 Å². The number of para-hydroxylation sites is 1. The lowest BCUT2D eigenvalue weighted by Crippen LogP contribution is -2.41. The van der Waals surface area contributed by atoms with Crippen LogP contribution in [0.25, 0.3) is 5.69 Å². The molecule has 2 N–H and O–H groups in total. The predicted molar refractivity (Wildman–Crippen MR) is 121 cm³/mol. The largest absolute Gasteiger partial charge is 0.491 e. The first-order valence-electron chi connectivity index (χ1n) is 10.7. The average Bonchev–Trinajstić information content (AvgIpc) is 3.44. The van der Waals surface area contributed by atoms with E-state index in [1.807, 2.05) is 54.8 Å². The summed E-state index contributed by atoms with van der Waals surface area (Å²) in [5, 5.41) is 0. The lowest BCUT2D eigenvalue weighted by atomic mass is 10.2. The van der Waals surface area contributed by atoms with E-state index in [0.717, 1.165) is 36.5 Å². The van der Waals surface area contributed by atoms with E-state index >= 15 is 0 Å². The first-order chi connectivity index (χ1) is 15.5. The first-order valence-corrected chi connectivity index (χ1v) is 10.7. The summed E-state index contributed by atoms with van der Waals surface area (Å²) in [6.07, 6.45) is 2.21. The zero-order valence-electron chi connectivity index (χ0n) is 18.3. The van der Waals surface area contributed by atoms with Gasteiger partial charge in [-0.1, -0.05) is 18.2 Å². The summed E-state index contributed by atoms with van der Waals surface area (Å²) in [4.78, 5) is 25.1. The van der Waals surface area contributed by atoms with Crippen LogP contribution in [0.1, 0.15) is 44.9 Å². The minimum absolute atomic E-state index is 0.136. The number of ether oxygens (including phenoxy) is 2. The molecule has 166 valence electrons. The van der Waals surface area contributed by atoms with Gasteiger partial charge >= 0.3 is 0 Å². The number of rotatable bonds is 6. The van der Waals surface area contributed by atoms with E-state index in [1.165, 1.54) is 0 Å². The van der Waals surface area contributed by atoms with Gasteiger partial charge in [0, 0.05) is 29.2 Å². The third-order valence-electron chi connectivity index (χ3n) is 5.56. The highest BCUT2D eigenvalue weighted by Crippen LogP contribution is 2.21. The molecule has 2 amide bonds. The number of aryl methyl sites for hydroxylation is 1. The van der Waals surface area contributed by atoms with Crippen molar-refractivity contribution in [2.45, 2.75) is 32.8 Å². The zero-order valence-corrected chi connectivity index (χ0v) is 18.3. The molecule has 1 fully saturated rings. The summed E-state index contributed by atoms with van der Waals surface area (Å²) in [6, 6.07) is 18.4. The molecule has 3 aromatic rings. The Morgan fingerprint density at radius 1 is 1.03 bits per heavy atom. The summed E-state index contributed by atoms with van der Waals surface area (Å²) in [5.74, 6) is -0.0968. The monoisotopic (exact) mass is 433 g/mol. The van der Waals surface area contributed by atoms with Crippen LogP contribution >= 0.6 is 0 Å². The van der Waals surface area contributed by atoms with Gasteiger partial charge in [-0.25, -0.2) is 0 Å². The molecule has 0 aliphatic carbocycles. The fourth-order valence-corrected chi connectivity index (χ4v) is 3.89. The number of aromatic nitrogens is 1. The van der Waals surface area contributed by atoms with Crippen molar-refractivity contribution in [2.24, 2.45) is 0 Å². The van der Waals surface area contributed by atoms with Crippen LogP contribution in [0.4, 0.5) is 0 Å². The lowest BCUT2D eigenvalue weighted by molar-refractivity contribution is 0.0679. The van der Waals surface area contributed by atoms with Crippen molar-refractivity contribution in [1.29, 1.82) is 0 Å². The molecule has 1 aliphatic heterocycles. The van der Waals surface area contributed by atoms with Gasteiger partial charge in [0.15, 0.2) is 0 Å². The number of hydrazine groups is 1. The Bertz CT molecular complexity index is 1080. The average molecular weight is 434 g/mol. The number of nitrogens with zero attached hydrogens (tertiary/aromatic N) is 1. The second-order valence-electron chi connectivity index (χ2n) is 7.83. The fourth-order valence-electron chi connectivity index (χ4n) is 3.89. The molecule has 1 saturated heterocycles. The molecule has 0 radical (unpaired) electrons. The predicted octanol–water partition coefficient (Wildman–Crippen LogP) is 3.73. The minimum Gasteiger partial charge on any atom is -0.491 e. The van der Waals surface area contributed by atoms with Crippen molar-refractivity contribution in [3.05, 3.63) is 83.2 Å². The van der Waals surface area contributed by atoms with Crippen molar-refractivity contribution in [3.63, 3.8) is 0 Å². The number of hydrogen-bond acceptors (Lipinski definition) is 4. The van der Waals surface area contributed by atoms with Crippen LogP contribution in [-0.2, 0) is 4.74 Å². The Morgan fingerprint density at radius 2 is 1.75 bits per heavy atom. The van der Waals surface area contributed by atoms with E-state index in [2.05, 4.69) is 10.9 Å². The van der Waals surface area contributed by atoms with E-state index in [1.54, 1.807) is 24.3 Å². The molecule has 1 unspecified atom stereocenters. The molecule has 0 saturated carbocycles. The molecule has 0 bridgehead atoms. The van der Waals surface area contributed by atoms with Crippen LogP contribution in [0.2, 0.25) is 0 Å². The highest BCUT2D eigenvalue weighted by molar-refractivity contribution is 6.00. The SMILES string of the molecule is Cc1cc(C(=O)NNC(=O)c2ccc(OCC3CCCO3)cc2)c(C)n1-c1ccccc1. The van der Waals surface area contributed by atoms with Gasteiger partial charge in [-0.2, -0.15) is 0 Å². The van der Waals surface area contributed by atoms with Crippen molar-refractivity contribution in [1.82, 2.24) is 15.4 Å². The van der Waals surface area contributed by atoms with Crippen LogP contribution in [0.3, 0.4) is 0 Å². The van der Waals surface area contributed by atoms with Crippen LogP contribution in [-0.4, -0.2) is 35.7 Å². The van der Waals surface area contributed by atoms with E-state index in [4.69, 9.17) is 9.47 Å². The molecular formula is C25H27N3O4. The summed E-state index contributed by atoms with van der Waals surface area (Å²) in [5.41, 5.74) is 8.63. The van der Waals surface area contributed by atoms with Gasteiger partial charge in [-0.15, -0.1) is 0 Å². The van der Waals surface area contributed by atoms with E-state index in [0.29, 0.717) is 23.5 Å². The van der Waals surface area contributed by atoms with Gasteiger partial charge < -0.3 is 14.0 Å². The fraction of sp³-hybridized carbons (Fsp3) is 0.280. The van der Waals surface area contributed by atoms with Crippen molar-refractivity contribution < 1.29 is 19.1 Å². The molecule has 1 aromatic heterocycles. The quantitative estimate of drug-likeness (QED) is 0.581. The molecule has 4 rings (SSSR count). The molecule has 2 heterocycles. The number of carbonyl (C=O) groups is 2. The molecule has 0 spiro atoms. The Balaban J connectivity index is 1.34. The van der Waals surface area contributed by atoms with Crippen molar-refractivity contribution in [3.8, 4) is 11.4 Å². The van der Waals surface area contributed by atoms with Crippen LogP contribution < -0.4 is 15.6 Å². The minimum atomic E-state index is -0.402. The molecule has 1 atom stereocenters. The molecule has 7 nitrogen and oxygen atoms in total. The number of benzene rings is 2. The second-order valence-corrected chi connectivity index (χ2v) is 7.83. The lowest BCUT2D eigenvalue weighted by Gasteiger charge is -2.12. The van der Waals surface area contributed by atoms with Crippen molar-refractivity contribution in [2.75, 3.05) is 13.2 Å². The maximum absolute atomic E-state index is 12.7. The van der Waals surface area contributed by atoms with Crippen LogP contribution in [0, 0.1) is 13.8 Å². The summed E-state index contributed by atoms with van der Waals surface area (Å²) < 4.78 is 13.3. The van der Waals surface area contributed by atoms with Crippen LogP contribution in [0.5, 0.6) is 5.75 Å². The van der Waals surface area contributed by atoms with Gasteiger partial charge in [-0.3, -0.25) is 20.4 Å². The normalized spacial score (nSPS) is 15.4. The third-order valence-corrected chi connectivity index (χ3v) is 5.56. The summed E-state index contributed by atoms with van der Waals surface area (Å²) in [6.45, 7) is 5.11. The summed E-state index contributed by atoms with van der Waals surface area (Å²) >= 11 is 0. The van der Waals surface area contributed by atoms with Gasteiger partial charge in [0.1, 0.15) is 12.4 Å². The van der Waals surface area contributed by atoms with Gasteiger partial charge in [0.05, 0.1) is 11.7 Å². The second kappa shape index (κ2) is 9.70. The molecule has 32 heavy (non-hydrogen) atoms. The van der Waals surface area contributed by atoms with Gasteiger partial charge in [-0.05, 0) is 69.2 Å². The van der Waals surface area contributed by atoms with Crippen LogP contribution in [0.15, 0.2) is 60.7 Å². The Kier molecular flexibility index (Phi) is 6.56. The number of amides is 2. The first kappa shape index (κ1) is 21.6. The molecule has 2 aromatic carbocycles. The Hall–Kier alpha value is -3.58. The number of carbonyl (C=O) groups excluding carboxylic acids is 2. The maximum atomic E-state index is 12.7. The molecular weight excluding hydrogens is 406 g/mol. The van der Waals surface area contributed by atoms with E-state index in [9.17, 15) is 9.59 Å². The Labute approximate surface area is 187 Å². The third kappa shape index (κ3) is 4.84. The Morgan fingerprint density at radius 3 is 2.44 bits per heavy atom. The summed E-state index contributed by atoms with van der Waals surface area (Å²) in [7, 11) is 0.